The number of nitrogens with zero attached hydrogens (tertiary/aromatic N) is 3. The van der Waals surface area contributed by atoms with Gasteiger partial charge in [-0.15, -0.1) is 0 Å². The SMILES string of the molecule is CCOc1cc2c(cc1OC)C(c1cnc(OC)nc1OC)=N[C@@H]1CC[C@@H](OS(=O)(=O)CC)C[C@H]21. The fourth-order valence-corrected chi connectivity index (χ4v) is 5.43. The van der Waals surface area contributed by atoms with Crippen molar-refractivity contribution in [3.63, 3.8) is 0 Å². The van der Waals surface area contributed by atoms with Crippen LogP contribution in [0, 0.1) is 0 Å². The number of hydrogen-bond acceptors (Lipinski definition) is 10. The monoisotopic (exact) mass is 505 g/mol. The first-order valence-electron chi connectivity index (χ1n) is 11.6. The first-order valence-corrected chi connectivity index (χ1v) is 13.2. The highest BCUT2D eigenvalue weighted by molar-refractivity contribution is 7.86. The van der Waals surface area contributed by atoms with Crippen LogP contribution >= 0.6 is 0 Å². The molecule has 2 heterocycles. The van der Waals surface area contributed by atoms with Crippen molar-refractivity contribution in [1.82, 2.24) is 9.97 Å². The van der Waals surface area contributed by atoms with E-state index in [0.717, 1.165) is 11.1 Å². The van der Waals surface area contributed by atoms with E-state index in [9.17, 15) is 8.42 Å². The van der Waals surface area contributed by atoms with Crippen LogP contribution in [0.2, 0.25) is 0 Å². The van der Waals surface area contributed by atoms with Gasteiger partial charge < -0.3 is 18.9 Å². The molecule has 1 aliphatic heterocycles. The maximum absolute atomic E-state index is 12.1. The highest BCUT2D eigenvalue weighted by Gasteiger charge is 2.40. The maximum atomic E-state index is 12.1. The molecule has 3 atom stereocenters. The van der Waals surface area contributed by atoms with E-state index in [2.05, 4.69) is 9.97 Å². The van der Waals surface area contributed by atoms with Gasteiger partial charge in [0, 0.05) is 17.7 Å². The molecular formula is C24H31N3O7S. The number of fused-ring (bicyclic) bond motifs is 3. The van der Waals surface area contributed by atoms with Crippen molar-refractivity contribution in [2.45, 2.75) is 51.2 Å². The number of hydrogen-bond donors (Lipinski definition) is 0. The second-order valence-corrected chi connectivity index (χ2v) is 10.2. The van der Waals surface area contributed by atoms with E-state index in [4.69, 9.17) is 28.1 Å². The maximum Gasteiger partial charge on any atom is 0.319 e. The van der Waals surface area contributed by atoms with Crippen molar-refractivity contribution in [2.75, 3.05) is 33.7 Å². The van der Waals surface area contributed by atoms with Crippen LogP contribution in [0.25, 0.3) is 0 Å². The predicted octanol–water partition coefficient (Wildman–Crippen LogP) is 3.12. The van der Waals surface area contributed by atoms with Crippen molar-refractivity contribution in [1.29, 1.82) is 0 Å². The molecule has 4 rings (SSSR count). The van der Waals surface area contributed by atoms with Gasteiger partial charge in [0.1, 0.15) is 0 Å². The standard InChI is InChI=1S/C24H31N3O7S/c1-6-33-21-11-15-16-10-14(34-35(28,29)7-2)8-9-19(16)26-22(17(15)12-20(21)30-3)18-13-25-24(32-5)27-23(18)31-4/h11-14,16,19H,6-10H2,1-5H3/t14-,16-,19-/m1/s1. The summed E-state index contributed by atoms with van der Waals surface area (Å²) in [6.45, 7) is 3.97. The summed E-state index contributed by atoms with van der Waals surface area (Å²) in [5.74, 6) is 1.44. The van der Waals surface area contributed by atoms with Gasteiger partial charge in [0.05, 0.1) is 57.1 Å². The van der Waals surface area contributed by atoms with Crippen molar-refractivity contribution < 1.29 is 31.5 Å². The topological polar surface area (TPSA) is 118 Å². The Hall–Kier alpha value is -2.92. The third-order valence-corrected chi connectivity index (χ3v) is 7.62. The molecule has 190 valence electrons. The zero-order valence-electron chi connectivity index (χ0n) is 20.6. The van der Waals surface area contributed by atoms with Gasteiger partial charge in [-0.2, -0.15) is 13.4 Å². The number of aromatic nitrogens is 2. The summed E-state index contributed by atoms with van der Waals surface area (Å²) < 4.78 is 51.9. The second-order valence-electron chi connectivity index (χ2n) is 8.33. The Balaban J connectivity index is 1.83. The van der Waals surface area contributed by atoms with Gasteiger partial charge in [0.2, 0.25) is 5.88 Å². The first kappa shape index (κ1) is 25.2. The summed E-state index contributed by atoms with van der Waals surface area (Å²) in [7, 11) is 1.06. The van der Waals surface area contributed by atoms with Crippen molar-refractivity contribution in [2.24, 2.45) is 4.99 Å². The van der Waals surface area contributed by atoms with E-state index in [1.807, 2.05) is 19.1 Å². The summed E-state index contributed by atoms with van der Waals surface area (Å²) in [5.41, 5.74) is 3.13. The van der Waals surface area contributed by atoms with E-state index < -0.39 is 16.2 Å². The molecule has 1 saturated carbocycles. The van der Waals surface area contributed by atoms with Gasteiger partial charge in [-0.1, -0.05) is 0 Å². The Kier molecular flexibility index (Phi) is 7.46. The highest BCUT2D eigenvalue weighted by atomic mass is 32.2. The summed E-state index contributed by atoms with van der Waals surface area (Å²) in [5, 5.41) is 0. The number of ether oxygens (including phenoxy) is 4. The quantitative estimate of drug-likeness (QED) is 0.474. The predicted molar refractivity (Wildman–Crippen MR) is 130 cm³/mol. The van der Waals surface area contributed by atoms with Crippen LogP contribution in [0.1, 0.15) is 55.7 Å². The smallest absolute Gasteiger partial charge is 0.319 e. The molecule has 0 saturated heterocycles. The van der Waals surface area contributed by atoms with Crippen LogP contribution in [0.4, 0.5) is 0 Å². The Bertz CT molecular complexity index is 1220. The first-order chi connectivity index (χ1) is 16.8. The zero-order chi connectivity index (χ0) is 25.2. The molecular weight excluding hydrogens is 474 g/mol. The minimum atomic E-state index is -3.56. The number of aliphatic imine (C=N–C) groups is 1. The van der Waals surface area contributed by atoms with Crippen molar-refractivity contribution in [3.8, 4) is 23.4 Å². The molecule has 2 aromatic rings. The van der Waals surface area contributed by atoms with Gasteiger partial charge in [0.15, 0.2) is 11.5 Å². The van der Waals surface area contributed by atoms with Gasteiger partial charge in [-0.3, -0.25) is 9.18 Å². The lowest BCUT2D eigenvalue weighted by Gasteiger charge is -2.38. The van der Waals surface area contributed by atoms with Crippen LogP contribution in [-0.2, 0) is 14.3 Å². The van der Waals surface area contributed by atoms with Crippen LogP contribution in [0.15, 0.2) is 23.3 Å². The Morgan fingerprint density at radius 3 is 2.46 bits per heavy atom. The largest absolute Gasteiger partial charge is 0.493 e. The van der Waals surface area contributed by atoms with E-state index in [1.54, 1.807) is 20.2 Å². The number of benzene rings is 1. The van der Waals surface area contributed by atoms with Crippen LogP contribution < -0.4 is 18.9 Å². The molecule has 0 bridgehead atoms. The number of rotatable bonds is 9. The molecule has 1 fully saturated rings. The van der Waals surface area contributed by atoms with Gasteiger partial charge >= 0.3 is 6.01 Å². The lowest BCUT2D eigenvalue weighted by atomic mass is 9.74. The van der Waals surface area contributed by atoms with E-state index >= 15 is 0 Å². The Morgan fingerprint density at radius 1 is 1.00 bits per heavy atom. The highest BCUT2D eigenvalue weighted by Crippen LogP contribution is 2.46. The molecule has 1 aromatic heterocycles. The second kappa shape index (κ2) is 10.4. The molecule has 35 heavy (non-hydrogen) atoms. The third-order valence-electron chi connectivity index (χ3n) is 6.35. The minimum absolute atomic E-state index is 0.0465. The molecule has 0 unspecified atom stereocenters. The summed E-state index contributed by atoms with van der Waals surface area (Å²) in [6.07, 6.45) is 3.03. The van der Waals surface area contributed by atoms with Gasteiger partial charge in [-0.25, -0.2) is 4.98 Å². The molecule has 10 nitrogen and oxygen atoms in total. The summed E-state index contributed by atoms with van der Waals surface area (Å²) >= 11 is 0. The molecule has 0 spiro atoms. The fraction of sp³-hybridized carbons (Fsp3) is 0.542. The normalized spacial score (nSPS) is 21.4. The molecule has 1 aromatic carbocycles. The Labute approximate surface area is 205 Å². The lowest BCUT2D eigenvalue weighted by molar-refractivity contribution is 0.140. The third kappa shape index (κ3) is 5.06. The van der Waals surface area contributed by atoms with Crippen molar-refractivity contribution >= 4 is 15.8 Å². The fourth-order valence-electron chi connectivity index (χ4n) is 4.70. The van der Waals surface area contributed by atoms with Gasteiger partial charge in [-0.05, 0) is 50.8 Å². The molecule has 0 N–H and O–H groups in total. The molecule has 0 radical (unpaired) electrons. The minimum Gasteiger partial charge on any atom is -0.493 e. The Morgan fingerprint density at radius 2 is 1.80 bits per heavy atom. The zero-order valence-corrected chi connectivity index (χ0v) is 21.4. The van der Waals surface area contributed by atoms with Crippen LogP contribution in [0.3, 0.4) is 0 Å². The van der Waals surface area contributed by atoms with Crippen molar-refractivity contribution in [3.05, 3.63) is 35.0 Å². The molecule has 0 amide bonds. The van der Waals surface area contributed by atoms with Crippen LogP contribution in [0.5, 0.6) is 23.4 Å². The summed E-state index contributed by atoms with van der Waals surface area (Å²) in [4.78, 5) is 13.7. The molecule has 1 aliphatic carbocycles. The number of methoxy groups -OCH3 is 3. The molecule has 2 aliphatic rings. The lowest BCUT2D eigenvalue weighted by Crippen LogP contribution is -2.36. The van der Waals surface area contributed by atoms with E-state index in [0.29, 0.717) is 54.5 Å². The average molecular weight is 506 g/mol. The average Bonchev–Trinajstić information content (AvgIpc) is 2.87. The van der Waals surface area contributed by atoms with E-state index in [1.165, 1.54) is 14.2 Å². The van der Waals surface area contributed by atoms with Crippen LogP contribution in [-0.4, -0.2) is 69.9 Å². The van der Waals surface area contributed by atoms with Gasteiger partial charge in [0.25, 0.3) is 10.1 Å². The van der Waals surface area contributed by atoms with E-state index in [-0.39, 0.29) is 23.7 Å². The molecule has 11 heteroatoms. The summed E-state index contributed by atoms with van der Waals surface area (Å²) in [6, 6.07) is 3.99.